The van der Waals surface area contributed by atoms with E-state index in [-0.39, 0.29) is 24.8 Å². The van der Waals surface area contributed by atoms with Crippen LogP contribution in [0.5, 0.6) is 0 Å². The minimum Gasteiger partial charge on any atom is -0.469 e. The molecule has 1 amide bonds. The second kappa shape index (κ2) is 6.43. The number of halogens is 1. The first-order chi connectivity index (χ1) is 8.04. The highest BCUT2D eigenvalue weighted by atomic mass is 127. The highest BCUT2D eigenvalue weighted by molar-refractivity contribution is 14.1. The van der Waals surface area contributed by atoms with Crippen LogP contribution in [0.2, 0.25) is 0 Å². The monoisotopic (exact) mass is 348 g/mol. The van der Waals surface area contributed by atoms with E-state index in [1.807, 2.05) is 6.07 Å². The quantitative estimate of drug-likeness (QED) is 0.486. The number of ether oxygens (including phenoxy) is 1. The third-order valence-electron chi connectivity index (χ3n) is 2.10. The van der Waals surface area contributed by atoms with Gasteiger partial charge in [-0.3, -0.25) is 9.59 Å². The average molecular weight is 348 g/mol. The molecule has 3 N–H and O–H groups in total. The van der Waals surface area contributed by atoms with Crippen LogP contribution in [-0.4, -0.2) is 25.5 Å². The molecule has 0 spiro atoms. The second-order valence-electron chi connectivity index (χ2n) is 3.31. The van der Waals surface area contributed by atoms with Crippen molar-refractivity contribution >= 4 is 40.2 Å². The summed E-state index contributed by atoms with van der Waals surface area (Å²) in [5.41, 5.74) is 6.53. The van der Waals surface area contributed by atoms with Crippen molar-refractivity contribution in [1.82, 2.24) is 5.32 Å². The highest BCUT2D eigenvalue weighted by Gasteiger charge is 2.10. The van der Waals surface area contributed by atoms with Gasteiger partial charge >= 0.3 is 5.97 Å². The van der Waals surface area contributed by atoms with Gasteiger partial charge in [-0.1, -0.05) is 0 Å². The molecule has 0 aliphatic rings. The normalized spacial score (nSPS) is 9.76. The smallest absolute Gasteiger partial charge is 0.307 e. The van der Waals surface area contributed by atoms with Crippen LogP contribution in [0.25, 0.3) is 0 Å². The molecule has 0 atom stereocenters. The molecule has 0 heterocycles. The van der Waals surface area contributed by atoms with Crippen LogP contribution < -0.4 is 11.1 Å². The maximum atomic E-state index is 11.7. The van der Waals surface area contributed by atoms with Crippen molar-refractivity contribution in [3.8, 4) is 0 Å². The Labute approximate surface area is 113 Å². The van der Waals surface area contributed by atoms with E-state index in [0.717, 1.165) is 3.57 Å². The van der Waals surface area contributed by atoms with Crippen molar-refractivity contribution in [1.29, 1.82) is 0 Å². The van der Waals surface area contributed by atoms with Crippen LogP contribution in [-0.2, 0) is 9.53 Å². The molecule has 0 fully saturated rings. The van der Waals surface area contributed by atoms with E-state index in [0.29, 0.717) is 11.3 Å². The number of amides is 1. The van der Waals surface area contributed by atoms with Gasteiger partial charge in [-0.25, -0.2) is 0 Å². The van der Waals surface area contributed by atoms with Crippen molar-refractivity contribution in [2.45, 2.75) is 6.42 Å². The van der Waals surface area contributed by atoms with E-state index in [9.17, 15) is 9.59 Å². The number of nitrogens with two attached hydrogens (primary N) is 1. The molecule has 5 nitrogen and oxygen atoms in total. The lowest BCUT2D eigenvalue weighted by atomic mass is 10.1. The van der Waals surface area contributed by atoms with Gasteiger partial charge in [-0.2, -0.15) is 0 Å². The number of anilines is 1. The Kier molecular flexibility index (Phi) is 5.20. The summed E-state index contributed by atoms with van der Waals surface area (Å²) in [6.45, 7) is 0.233. The molecule has 6 heteroatoms. The summed E-state index contributed by atoms with van der Waals surface area (Å²) in [5, 5.41) is 2.61. The molecule has 0 unspecified atom stereocenters. The number of nitrogen functional groups attached to an aromatic ring is 1. The Morgan fingerprint density at radius 3 is 2.82 bits per heavy atom. The molecule has 0 aromatic heterocycles. The molecule has 0 radical (unpaired) electrons. The molecule has 1 aromatic carbocycles. The van der Waals surface area contributed by atoms with Gasteiger partial charge in [-0.05, 0) is 40.8 Å². The molecule has 0 bridgehead atoms. The van der Waals surface area contributed by atoms with E-state index < -0.39 is 0 Å². The highest BCUT2D eigenvalue weighted by Crippen LogP contribution is 2.15. The predicted octanol–water partition coefficient (Wildman–Crippen LogP) is 1.17. The maximum absolute atomic E-state index is 11.7. The van der Waals surface area contributed by atoms with E-state index in [1.54, 1.807) is 12.1 Å². The van der Waals surface area contributed by atoms with Crippen LogP contribution in [0.1, 0.15) is 16.8 Å². The first kappa shape index (κ1) is 13.8. The summed E-state index contributed by atoms with van der Waals surface area (Å²) in [7, 11) is 1.31. The number of hydrogen-bond acceptors (Lipinski definition) is 4. The average Bonchev–Trinajstić information content (AvgIpc) is 2.31. The number of rotatable bonds is 4. The lowest BCUT2D eigenvalue weighted by Crippen LogP contribution is -2.27. The van der Waals surface area contributed by atoms with E-state index >= 15 is 0 Å². The number of carbonyl (C=O) groups is 2. The second-order valence-corrected chi connectivity index (χ2v) is 4.56. The van der Waals surface area contributed by atoms with Crippen LogP contribution in [0, 0.1) is 3.57 Å². The van der Waals surface area contributed by atoms with Crippen LogP contribution in [0.4, 0.5) is 5.69 Å². The number of carbonyl (C=O) groups excluding carboxylic acids is 2. The Balaban J connectivity index is 2.58. The zero-order chi connectivity index (χ0) is 12.8. The third kappa shape index (κ3) is 4.22. The topological polar surface area (TPSA) is 81.4 Å². The summed E-state index contributed by atoms with van der Waals surface area (Å²) in [6.07, 6.45) is 0.145. The van der Waals surface area contributed by atoms with Crippen LogP contribution >= 0.6 is 22.6 Å². The fourth-order valence-electron chi connectivity index (χ4n) is 1.20. The molecular formula is C11H13IN2O3. The lowest BCUT2D eigenvalue weighted by molar-refractivity contribution is -0.140. The summed E-state index contributed by atoms with van der Waals surface area (Å²) in [5.74, 6) is -0.647. The molecule has 0 aliphatic carbocycles. The van der Waals surface area contributed by atoms with Crippen molar-refractivity contribution in [3.05, 3.63) is 27.3 Å². The summed E-state index contributed by atoms with van der Waals surface area (Å²) in [4.78, 5) is 22.6. The van der Waals surface area contributed by atoms with E-state index in [4.69, 9.17) is 5.73 Å². The van der Waals surface area contributed by atoms with Crippen molar-refractivity contribution in [2.75, 3.05) is 19.4 Å². The third-order valence-corrected chi connectivity index (χ3v) is 2.77. The Morgan fingerprint density at radius 1 is 1.47 bits per heavy atom. The van der Waals surface area contributed by atoms with Gasteiger partial charge < -0.3 is 15.8 Å². The van der Waals surface area contributed by atoms with Gasteiger partial charge in [0, 0.05) is 15.8 Å². The van der Waals surface area contributed by atoms with Crippen molar-refractivity contribution in [3.63, 3.8) is 0 Å². The SMILES string of the molecule is COC(=O)CCNC(=O)c1cc(I)ccc1N. The summed E-state index contributed by atoms with van der Waals surface area (Å²) in [6, 6.07) is 5.20. The summed E-state index contributed by atoms with van der Waals surface area (Å²) >= 11 is 2.10. The minimum atomic E-state index is -0.360. The van der Waals surface area contributed by atoms with Crippen molar-refractivity contribution < 1.29 is 14.3 Å². The molecule has 1 rings (SSSR count). The van der Waals surface area contributed by atoms with Crippen LogP contribution in [0.15, 0.2) is 18.2 Å². The van der Waals surface area contributed by atoms with Gasteiger partial charge in [0.1, 0.15) is 0 Å². The molecule has 0 saturated heterocycles. The lowest BCUT2D eigenvalue weighted by Gasteiger charge is -2.07. The number of hydrogen-bond donors (Lipinski definition) is 2. The summed E-state index contributed by atoms with van der Waals surface area (Å²) < 4.78 is 5.39. The number of methoxy groups -OCH3 is 1. The molecular weight excluding hydrogens is 335 g/mol. The van der Waals surface area contributed by atoms with E-state index in [1.165, 1.54) is 7.11 Å². The number of nitrogens with one attached hydrogen (secondary N) is 1. The van der Waals surface area contributed by atoms with E-state index in [2.05, 4.69) is 32.6 Å². The largest absolute Gasteiger partial charge is 0.469 e. The first-order valence-electron chi connectivity index (χ1n) is 4.94. The first-order valence-corrected chi connectivity index (χ1v) is 6.02. The maximum Gasteiger partial charge on any atom is 0.307 e. The minimum absolute atomic E-state index is 0.145. The van der Waals surface area contributed by atoms with Crippen molar-refractivity contribution in [2.24, 2.45) is 0 Å². The van der Waals surface area contributed by atoms with Gasteiger partial charge in [0.2, 0.25) is 0 Å². The fourth-order valence-corrected chi connectivity index (χ4v) is 1.69. The zero-order valence-corrected chi connectivity index (χ0v) is 11.5. The van der Waals surface area contributed by atoms with Gasteiger partial charge in [0.15, 0.2) is 0 Å². The Hall–Kier alpha value is -1.31. The van der Waals surface area contributed by atoms with Crippen LogP contribution in [0.3, 0.4) is 0 Å². The molecule has 17 heavy (non-hydrogen) atoms. The predicted molar refractivity (Wildman–Crippen MR) is 72.5 cm³/mol. The Bertz CT molecular complexity index is 435. The molecule has 0 saturated carbocycles. The number of benzene rings is 1. The number of esters is 1. The molecule has 0 aliphatic heterocycles. The van der Waals surface area contributed by atoms with Gasteiger partial charge in [0.25, 0.3) is 5.91 Å². The van der Waals surface area contributed by atoms with Gasteiger partial charge in [-0.15, -0.1) is 0 Å². The Morgan fingerprint density at radius 2 is 2.18 bits per heavy atom. The molecule has 1 aromatic rings. The molecule has 92 valence electrons. The fraction of sp³-hybridized carbons (Fsp3) is 0.273. The standard InChI is InChI=1S/C11H13IN2O3/c1-17-10(15)4-5-14-11(16)8-6-7(12)2-3-9(8)13/h2-3,6H,4-5,13H2,1H3,(H,14,16). The zero-order valence-electron chi connectivity index (χ0n) is 9.33. The van der Waals surface area contributed by atoms with Gasteiger partial charge in [0.05, 0.1) is 19.1 Å².